The molecule has 1 aromatic carbocycles. The van der Waals surface area contributed by atoms with Crippen LogP contribution in [-0.4, -0.2) is 51.8 Å². The van der Waals surface area contributed by atoms with Gasteiger partial charge in [-0.05, 0) is 36.5 Å². The number of carboxylic acids is 1. The smallest absolute Gasteiger partial charge is 0.355 e. The number of aromatic carboxylic acids is 1. The number of benzene rings is 1. The molecule has 1 unspecified atom stereocenters. The molecule has 2 N–H and O–H groups in total. The second kappa shape index (κ2) is 10.5. The van der Waals surface area contributed by atoms with Crippen molar-refractivity contribution in [3.63, 3.8) is 0 Å². The van der Waals surface area contributed by atoms with Crippen LogP contribution in [0.3, 0.4) is 0 Å². The molecule has 3 rings (SSSR count). The number of rotatable bonds is 10. The number of carbonyl (C=O) groups is 2. The van der Waals surface area contributed by atoms with Crippen LogP contribution in [0.1, 0.15) is 48.3 Å². The number of aromatic nitrogens is 1. The topological polar surface area (TPSA) is 82.5 Å². The third-order valence-corrected chi connectivity index (χ3v) is 7.66. The number of likely N-dealkylation sites (tertiary alicyclic amines) is 1. The minimum Gasteiger partial charge on any atom is -0.476 e. The standard InChI is InChI=1S/C21H26ClN3O3S2/c1-3-13-5-7-16(22)15(4-2)19(13)23-11-14-6-8-18(26)25(14)9-10-29-21-24-17(12-30-21)20(27)28/h5,7,12,14,23H,3-4,6,8-11H2,1-2H3,(H,27,28). The van der Waals surface area contributed by atoms with Crippen LogP contribution in [0.25, 0.3) is 0 Å². The van der Waals surface area contributed by atoms with E-state index in [1.165, 1.54) is 28.7 Å². The average Bonchev–Trinajstić information content (AvgIpc) is 3.34. The van der Waals surface area contributed by atoms with Gasteiger partial charge in [0.2, 0.25) is 5.91 Å². The van der Waals surface area contributed by atoms with Crippen LogP contribution in [0.2, 0.25) is 5.02 Å². The SMILES string of the molecule is CCc1ccc(Cl)c(CC)c1NCC1CCC(=O)N1CCSc1nc(C(=O)O)cs1. The van der Waals surface area contributed by atoms with Gasteiger partial charge in [0.15, 0.2) is 10.0 Å². The zero-order valence-corrected chi connectivity index (χ0v) is 19.5. The number of halogens is 1. The molecule has 30 heavy (non-hydrogen) atoms. The zero-order valence-electron chi connectivity index (χ0n) is 17.1. The molecule has 2 aromatic rings. The first-order valence-corrected chi connectivity index (χ1v) is 12.3. The van der Waals surface area contributed by atoms with Crippen LogP contribution in [-0.2, 0) is 17.6 Å². The number of nitrogens with zero attached hydrogens (tertiary/aromatic N) is 2. The Balaban J connectivity index is 1.60. The summed E-state index contributed by atoms with van der Waals surface area (Å²) in [5.41, 5.74) is 3.54. The van der Waals surface area contributed by atoms with E-state index in [4.69, 9.17) is 16.7 Å². The molecule has 9 heteroatoms. The van der Waals surface area contributed by atoms with Gasteiger partial charge in [0.1, 0.15) is 0 Å². The van der Waals surface area contributed by atoms with E-state index in [0.29, 0.717) is 29.6 Å². The van der Waals surface area contributed by atoms with Gasteiger partial charge in [0.25, 0.3) is 0 Å². The summed E-state index contributed by atoms with van der Waals surface area (Å²) in [6, 6.07) is 4.16. The fraction of sp³-hybridized carbons (Fsp3) is 0.476. The Labute approximate surface area is 190 Å². The first-order valence-electron chi connectivity index (χ1n) is 10.1. The first kappa shape index (κ1) is 22.9. The van der Waals surface area contributed by atoms with Crippen LogP contribution in [0.15, 0.2) is 21.9 Å². The quantitative estimate of drug-likeness (QED) is 0.488. The highest BCUT2D eigenvalue weighted by Gasteiger charge is 2.30. The second-order valence-electron chi connectivity index (χ2n) is 7.08. The Kier molecular flexibility index (Phi) is 8.02. The number of carboxylic acid groups (broad SMARTS) is 1. The molecule has 1 amide bonds. The Morgan fingerprint density at radius 3 is 2.87 bits per heavy atom. The van der Waals surface area contributed by atoms with Crippen LogP contribution < -0.4 is 5.32 Å². The number of amides is 1. The van der Waals surface area contributed by atoms with Crippen molar-refractivity contribution < 1.29 is 14.7 Å². The average molecular weight is 468 g/mol. The molecule has 2 heterocycles. The summed E-state index contributed by atoms with van der Waals surface area (Å²) in [7, 11) is 0. The second-order valence-corrected chi connectivity index (χ2v) is 9.69. The van der Waals surface area contributed by atoms with Crippen molar-refractivity contribution in [1.29, 1.82) is 0 Å². The molecule has 1 aromatic heterocycles. The Morgan fingerprint density at radius 1 is 1.40 bits per heavy atom. The predicted octanol–water partition coefficient (Wildman–Crippen LogP) is 4.81. The molecular weight excluding hydrogens is 442 g/mol. The largest absolute Gasteiger partial charge is 0.476 e. The summed E-state index contributed by atoms with van der Waals surface area (Å²) < 4.78 is 0.716. The van der Waals surface area contributed by atoms with Gasteiger partial charge in [0.05, 0.1) is 0 Å². The highest BCUT2D eigenvalue weighted by Crippen LogP contribution is 2.31. The molecule has 1 fully saturated rings. The number of thioether (sulfide) groups is 1. The number of carbonyl (C=O) groups excluding carboxylic acids is 1. The lowest BCUT2D eigenvalue weighted by atomic mass is 10.0. The summed E-state index contributed by atoms with van der Waals surface area (Å²) in [5.74, 6) is -0.157. The Morgan fingerprint density at radius 2 is 2.20 bits per heavy atom. The molecule has 1 atom stereocenters. The lowest BCUT2D eigenvalue weighted by Crippen LogP contribution is -2.39. The van der Waals surface area contributed by atoms with Gasteiger partial charge in [-0.25, -0.2) is 9.78 Å². The van der Waals surface area contributed by atoms with Crippen molar-refractivity contribution in [2.24, 2.45) is 0 Å². The number of thiazole rings is 1. The number of hydrogen-bond acceptors (Lipinski definition) is 6. The molecule has 0 spiro atoms. The van der Waals surface area contributed by atoms with Crippen molar-refractivity contribution in [2.45, 2.75) is 49.9 Å². The minimum atomic E-state index is -1.02. The first-order chi connectivity index (χ1) is 14.4. The molecule has 0 radical (unpaired) electrons. The molecule has 6 nitrogen and oxygen atoms in total. The van der Waals surface area contributed by atoms with E-state index < -0.39 is 5.97 Å². The molecular formula is C21H26ClN3O3S2. The van der Waals surface area contributed by atoms with Gasteiger partial charge >= 0.3 is 5.97 Å². The Hall–Kier alpha value is -1.77. The molecule has 1 aliphatic heterocycles. The minimum absolute atomic E-state index is 0.0711. The lowest BCUT2D eigenvalue weighted by Gasteiger charge is -2.26. The van der Waals surface area contributed by atoms with Crippen molar-refractivity contribution in [3.8, 4) is 0 Å². The van der Waals surface area contributed by atoms with Crippen molar-refractivity contribution >= 4 is 52.3 Å². The molecule has 0 bridgehead atoms. The van der Waals surface area contributed by atoms with E-state index in [1.807, 2.05) is 11.0 Å². The van der Waals surface area contributed by atoms with Crippen LogP contribution in [0.4, 0.5) is 5.69 Å². The maximum Gasteiger partial charge on any atom is 0.355 e. The van der Waals surface area contributed by atoms with Gasteiger partial charge < -0.3 is 15.3 Å². The summed E-state index contributed by atoms with van der Waals surface area (Å²) in [6.45, 7) is 5.54. The normalized spacial score (nSPS) is 16.3. The van der Waals surface area contributed by atoms with Gasteiger partial charge in [-0.15, -0.1) is 11.3 Å². The zero-order chi connectivity index (χ0) is 21.7. The van der Waals surface area contributed by atoms with Crippen LogP contribution in [0, 0.1) is 0 Å². The molecule has 0 saturated carbocycles. The Bertz CT molecular complexity index is 919. The number of anilines is 1. The summed E-state index contributed by atoms with van der Waals surface area (Å²) in [4.78, 5) is 29.4. The highest BCUT2D eigenvalue weighted by atomic mass is 35.5. The summed E-state index contributed by atoms with van der Waals surface area (Å²) in [5, 5.41) is 14.9. The molecule has 1 saturated heterocycles. The number of nitrogens with one attached hydrogen (secondary N) is 1. The fourth-order valence-corrected chi connectivity index (χ4v) is 5.82. The molecule has 1 aliphatic rings. The molecule has 162 valence electrons. The number of hydrogen-bond donors (Lipinski definition) is 2. The van der Waals surface area contributed by atoms with E-state index in [2.05, 4.69) is 30.2 Å². The maximum absolute atomic E-state index is 12.4. The maximum atomic E-state index is 12.4. The van der Waals surface area contributed by atoms with Crippen molar-refractivity contribution in [2.75, 3.05) is 24.2 Å². The molecule has 0 aliphatic carbocycles. The van der Waals surface area contributed by atoms with Crippen LogP contribution >= 0.6 is 34.7 Å². The summed E-state index contributed by atoms with van der Waals surface area (Å²) >= 11 is 9.22. The van der Waals surface area contributed by atoms with E-state index >= 15 is 0 Å². The van der Waals surface area contributed by atoms with Gasteiger partial charge in [-0.2, -0.15) is 0 Å². The van der Waals surface area contributed by atoms with Crippen molar-refractivity contribution in [1.82, 2.24) is 9.88 Å². The predicted molar refractivity (Wildman–Crippen MR) is 123 cm³/mol. The third kappa shape index (κ3) is 5.28. The van der Waals surface area contributed by atoms with E-state index in [1.54, 1.807) is 5.38 Å². The summed E-state index contributed by atoms with van der Waals surface area (Å²) in [6.07, 6.45) is 3.17. The number of aryl methyl sites for hydroxylation is 1. The van der Waals surface area contributed by atoms with Gasteiger partial charge in [-0.3, -0.25) is 4.79 Å². The van der Waals surface area contributed by atoms with E-state index in [9.17, 15) is 9.59 Å². The van der Waals surface area contributed by atoms with Gasteiger partial charge in [-0.1, -0.05) is 43.3 Å². The fourth-order valence-electron chi connectivity index (χ4n) is 3.72. The van der Waals surface area contributed by atoms with Crippen molar-refractivity contribution in [3.05, 3.63) is 39.4 Å². The van der Waals surface area contributed by atoms with Crippen LogP contribution in [0.5, 0.6) is 0 Å². The van der Waals surface area contributed by atoms with E-state index in [0.717, 1.165) is 35.5 Å². The monoisotopic (exact) mass is 467 g/mol. The van der Waals surface area contributed by atoms with Gasteiger partial charge in [0, 0.05) is 47.4 Å². The lowest BCUT2D eigenvalue weighted by molar-refractivity contribution is -0.128. The highest BCUT2D eigenvalue weighted by molar-refractivity contribution is 8.01. The third-order valence-electron chi connectivity index (χ3n) is 5.30. The van der Waals surface area contributed by atoms with E-state index in [-0.39, 0.29) is 17.6 Å².